The number of rotatable bonds is 3. The van der Waals surface area contributed by atoms with E-state index >= 15 is 0 Å². The monoisotopic (exact) mass is 231 g/mol. The van der Waals surface area contributed by atoms with Gasteiger partial charge in [0.25, 0.3) is 0 Å². The lowest BCUT2D eigenvalue weighted by Gasteiger charge is -2.62. The van der Waals surface area contributed by atoms with E-state index in [-0.39, 0.29) is 0 Å². The number of ether oxygens (including phenoxy) is 1. The molecule has 1 heterocycles. The second kappa shape index (κ2) is 3.74. The van der Waals surface area contributed by atoms with Crippen LogP contribution in [0.5, 0.6) is 5.75 Å². The van der Waals surface area contributed by atoms with Crippen LogP contribution in [-0.4, -0.2) is 31.6 Å². The molecule has 0 aromatic heterocycles. The second-order valence-electron chi connectivity index (χ2n) is 6.44. The zero-order valence-electron chi connectivity index (χ0n) is 10.8. The van der Waals surface area contributed by atoms with Crippen LogP contribution in [0.4, 0.5) is 0 Å². The number of likely N-dealkylation sites (tertiary alicyclic amines) is 1. The van der Waals surface area contributed by atoms with E-state index in [1.165, 1.54) is 25.9 Å². The van der Waals surface area contributed by atoms with Gasteiger partial charge in [0.15, 0.2) is 0 Å². The van der Waals surface area contributed by atoms with Gasteiger partial charge in [-0.2, -0.15) is 0 Å². The van der Waals surface area contributed by atoms with Gasteiger partial charge < -0.3 is 9.64 Å². The predicted octanol–water partition coefficient (Wildman–Crippen LogP) is 2.80. The van der Waals surface area contributed by atoms with Crippen LogP contribution < -0.4 is 4.74 Å². The summed E-state index contributed by atoms with van der Waals surface area (Å²) in [5.74, 6) is 1.00. The minimum absolute atomic E-state index is 0.400. The third kappa shape index (κ3) is 2.06. The molecule has 0 radical (unpaired) electrons. The predicted molar refractivity (Wildman–Crippen MR) is 69.2 cm³/mol. The van der Waals surface area contributed by atoms with Crippen molar-refractivity contribution in [3.8, 4) is 5.75 Å². The van der Waals surface area contributed by atoms with E-state index < -0.39 is 0 Å². The summed E-state index contributed by atoms with van der Waals surface area (Å²) in [7, 11) is 2.21. The van der Waals surface area contributed by atoms with Crippen LogP contribution in [0.1, 0.15) is 19.8 Å². The fourth-order valence-electron chi connectivity index (χ4n) is 3.96. The molecule has 2 nitrogen and oxygen atoms in total. The van der Waals surface area contributed by atoms with Crippen molar-refractivity contribution in [3.05, 3.63) is 30.3 Å². The van der Waals surface area contributed by atoms with Gasteiger partial charge in [-0.3, -0.25) is 0 Å². The van der Waals surface area contributed by atoms with Gasteiger partial charge in [0.2, 0.25) is 0 Å². The quantitative estimate of drug-likeness (QED) is 0.793. The Kier molecular flexibility index (Phi) is 2.44. The van der Waals surface area contributed by atoms with Gasteiger partial charge in [-0.1, -0.05) is 25.1 Å². The zero-order valence-corrected chi connectivity index (χ0v) is 10.8. The molecule has 3 rings (SSSR count). The molecule has 0 bridgehead atoms. The molecule has 17 heavy (non-hydrogen) atoms. The Morgan fingerprint density at radius 1 is 1.18 bits per heavy atom. The molecule has 1 aromatic carbocycles. The van der Waals surface area contributed by atoms with Gasteiger partial charge in [-0.25, -0.2) is 0 Å². The number of nitrogens with zero attached hydrogens (tertiary/aromatic N) is 1. The maximum atomic E-state index is 5.89. The summed E-state index contributed by atoms with van der Waals surface area (Å²) in [5, 5.41) is 0. The Balaban J connectivity index is 1.51. The first-order valence-electron chi connectivity index (χ1n) is 6.46. The molecular weight excluding hydrogens is 210 g/mol. The first-order chi connectivity index (χ1) is 8.09. The van der Waals surface area contributed by atoms with Crippen molar-refractivity contribution in [3.63, 3.8) is 0 Å². The van der Waals surface area contributed by atoms with Crippen molar-refractivity contribution in [1.29, 1.82) is 0 Å². The largest absolute Gasteiger partial charge is 0.493 e. The highest BCUT2D eigenvalue weighted by molar-refractivity contribution is 5.21. The molecule has 1 aromatic rings. The van der Waals surface area contributed by atoms with E-state index in [0.717, 1.165) is 12.4 Å². The molecule has 1 aliphatic heterocycles. The molecule has 0 N–H and O–H groups in total. The Hall–Kier alpha value is -1.02. The van der Waals surface area contributed by atoms with Crippen molar-refractivity contribution in [2.75, 3.05) is 26.7 Å². The topological polar surface area (TPSA) is 12.5 Å². The summed E-state index contributed by atoms with van der Waals surface area (Å²) in [6.07, 6.45) is 2.66. The van der Waals surface area contributed by atoms with E-state index in [4.69, 9.17) is 4.74 Å². The summed E-state index contributed by atoms with van der Waals surface area (Å²) in [4.78, 5) is 2.41. The molecule has 1 saturated carbocycles. The Bertz CT molecular complexity index is 387. The zero-order chi connectivity index (χ0) is 11.9. The van der Waals surface area contributed by atoms with Gasteiger partial charge in [0.05, 0.1) is 6.61 Å². The van der Waals surface area contributed by atoms with Crippen LogP contribution in [-0.2, 0) is 0 Å². The molecule has 1 aliphatic carbocycles. The molecule has 0 amide bonds. The first kappa shape index (κ1) is 11.1. The average molecular weight is 231 g/mol. The van der Waals surface area contributed by atoms with Crippen LogP contribution in [0.25, 0.3) is 0 Å². The van der Waals surface area contributed by atoms with Gasteiger partial charge in [-0.05, 0) is 37.4 Å². The van der Waals surface area contributed by atoms with Crippen LogP contribution in [0, 0.1) is 10.8 Å². The third-order valence-corrected chi connectivity index (χ3v) is 4.14. The number of hydrogen-bond acceptors (Lipinski definition) is 2. The molecule has 0 unspecified atom stereocenters. The number of para-hydroxylation sites is 1. The molecular formula is C15H21NO. The van der Waals surface area contributed by atoms with Gasteiger partial charge in [0.1, 0.15) is 5.75 Å². The van der Waals surface area contributed by atoms with E-state index in [1.54, 1.807) is 0 Å². The lowest BCUT2D eigenvalue weighted by Crippen LogP contribution is -2.64. The van der Waals surface area contributed by atoms with Crippen molar-refractivity contribution in [1.82, 2.24) is 4.90 Å². The smallest absolute Gasteiger partial charge is 0.119 e. The van der Waals surface area contributed by atoms with Crippen molar-refractivity contribution in [2.24, 2.45) is 10.8 Å². The highest BCUT2D eigenvalue weighted by Gasteiger charge is 2.56. The third-order valence-electron chi connectivity index (χ3n) is 4.14. The van der Waals surface area contributed by atoms with Crippen molar-refractivity contribution in [2.45, 2.75) is 19.8 Å². The maximum Gasteiger partial charge on any atom is 0.119 e. The van der Waals surface area contributed by atoms with Gasteiger partial charge >= 0.3 is 0 Å². The van der Waals surface area contributed by atoms with Gasteiger partial charge in [0, 0.05) is 18.5 Å². The summed E-state index contributed by atoms with van der Waals surface area (Å²) in [6, 6.07) is 10.2. The summed E-state index contributed by atoms with van der Waals surface area (Å²) in [6.45, 7) is 5.80. The second-order valence-corrected chi connectivity index (χ2v) is 6.44. The Morgan fingerprint density at radius 2 is 1.82 bits per heavy atom. The van der Waals surface area contributed by atoms with Crippen LogP contribution in [0.3, 0.4) is 0 Å². The highest BCUT2D eigenvalue weighted by Crippen LogP contribution is 2.58. The summed E-state index contributed by atoms with van der Waals surface area (Å²) < 4.78 is 5.89. The molecule has 2 aliphatic rings. The van der Waals surface area contributed by atoms with Crippen molar-refractivity contribution >= 4 is 0 Å². The summed E-state index contributed by atoms with van der Waals surface area (Å²) in [5.41, 5.74) is 1.04. The van der Waals surface area contributed by atoms with Crippen LogP contribution in [0.15, 0.2) is 30.3 Å². The van der Waals surface area contributed by atoms with Crippen molar-refractivity contribution < 1.29 is 4.74 Å². The van der Waals surface area contributed by atoms with E-state index in [2.05, 4.69) is 18.9 Å². The Morgan fingerprint density at radius 3 is 2.41 bits per heavy atom. The van der Waals surface area contributed by atoms with E-state index in [0.29, 0.717) is 10.8 Å². The van der Waals surface area contributed by atoms with E-state index in [9.17, 15) is 0 Å². The minimum Gasteiger partial charge on any atom is -0.493 e. The normalized spacial score (nSPS) is 25.1. The SMILES string of the molecule is CN1CC2(C1)CC(C)(COc1ccccc1)C2. The number of benzene rings is 1. The minimum atomic E-state index is 0.400. The standard InChI is InChI=1S/C15H21NO/c1-14(8-15(9-14)10-16(2)11-15)12-17-13-6-4-3-5-7-13/h3-7H,8-12H2,1-2H3. The fraction of sp³-hybridized carbons (Fsp3) is 0.600. The fourth-order valence-corrected chi connectivity index (χ4v) is 3.96. The van der Waals surface area contributed by atoms with Crippen LogP contribution in [0.2, 0.25) is 0 Å². The Labute approximate surface area is 104 Å². The number of hydrogen-bond donors (Lipinski definition) is 0. The molecule has 2 heteroatoms. The molecule has 92 valence electrons. The van der Waals surface area contributed by atoms with Crippen LogP contribution >= 0.6 is 0 Å². The lowest BCUT2D eigenvalue weighted by molar-refractivity contribution is -0.139. The van der Waals surface area contributed by atoms with E-state index in [1.807, 2.05) is 30.3 Å². The molecule has 0 atom stereocenters. The molecule has 2 fully saturated rings. The first-order valence-corrected chi connectivity index (χ1v) is 6.46. The molecule has 1 spiro atoms. The molecule has 1 saturated heterocycles. The lowest BCUT2D eigenvalue weighted by atomic mass is 9.51. The maximum absolute atomic E-state index is 5.89. The average Bonchev–Trinajstić information content (AvgIpc) is 2.24. The summed E-state index contributed by atoms with van der Waals surface area (Å²) >= 11 is 0. The highest BCUT2D eigenvalue weighted by atomic mass is 16.5. The van der Waals surface area contributed by atoms with Gasteiger partial charge in [-0.15, -0.1) is 0 Å².